The molecule has 0 radical (unpaired) electrons. The van der Waals surface area contributed by atoms with Crippen LogP contribution in [0.3, 0.4) is 0 Å². The molecule has 0 fully saturated rings. The van der Waals surface area contributed by atoms with Crippen molar-refractivity contribution in [3.63, 3.8) is 0 Å². The summed E-state index contributed by atoms with van der Waals surface area (Å²) in [6.07, 6.45) is 0. The van der Waals surface area contributed by atoms with Crippen LogP contribution in [0.1, 0.15) is 20.8 Å². The normalized spacial score (nSPS) is 11.0. The van der Waals surface area contributed by atoms with Crippen molar-refractivity contribution in [2.45, 2.75) is 26.3 Å². The minimum atomic E-state index is -0.863. The molecule has 64 valence electrons. The minimum absolute atomic E-state index is 0.669. The van der Waals surface area contributed by atoms with Gasteiger partial charge in [0.1, 0.15) is 0 Å². The maximum atomic E-state index is 10.6. The molecule has 0 heterocycles. The van der Waals surface area contributed by atoms with Crippen LogP contribution in [0.4, 0.5) is 9.59 Å². The van der Waals surface area contributed by atoms with Crippen LogP contribution in [0, 0.1) is 0 Å². The topological polar surface area (TPSA) is 37.4 Å². The van der Waals surface area contributed by atoms with E-state index in [0.717, 1.165) is 4.90 Å². The Balaban J connectivity index is 4.63. The van der Waals surface area contributed by atoms with Crippen LogP contribution in [0.2, 0.25) is 0 Å². The summed E-state index contributed by atoms with van der Waals surface area (Å²) in [6, 6.07) is 0. The van der Waals surface area contributed by atoms with E-state index in [1.807, 2.05) is 0 Å². The van der Waals surface area contributed by atoms with Crippen LogP contribution < -0.4 is 0 Å². The fourth-order valence-electron chi connectivity index (χ4n) is 0.597. The van der Waals surface area contributed by atoms with Crippen LogP contribution >= 0.6 is 23.2 Å². The monoisotopic (exact) mass is 197 g/mol. The van der Waals surface area contributed by atoms with Crippen molar-refractivity contribution in [2.24, 2.45) is 0 Å². The van der Waals surface area contributed by atoms with E-state index in [1.54, 1.807) is 20.8 Å². The third kappa shape index (κ3) is 3.08. The molecular formula is C6H9Cl2NO2. The first kappa shape index (κ1) is 10.7. The Kier molecular flexibility index (Phi) is 3.32. The maximum Gasteiger partial charge on any atom is 0.324 e. The summed E-state index contributed by atoms with van der Waals surface area (Å²) >= 11 is 10.2. The number of rotatable bonds is 0. The first-order chi connectivity index (χ1) is 4.76. The van der Waals surface area contributed by atoms with Crippen molar-refractivity contribution >= 4 is 33.9 Å². The molecule has 0 aromatic rings. The lowest BCUT2D eigenvalue weighted by Crippen LogP contribution is -2.44. The summed E-state index contributed by atoms with van der Waals surface area (Å²) in [5.41, 5.74) is -0.669. The number of nitrogens with zero attached hydrogens (tertiary/aromatic N) is 1. The molecule has 0 N–H and O–H groups in total. The molecule has 0 atom stereocenters. The van der Waals surface area contributed by atoms with Gasteiger partial charge in [0.25, 0.3) is 0 Å². The molecule has 0 aromatic heterocycles. The predicted octanol–water partition coefficient (Wildman–Crippen LogP) is 2.80. The lowest BCUT2D eigenvalue weighted by Gasteiger charge is -2.29. The molecule has 0 spiro atoms. The van der Waals surface area contributed by atoms with Gasteiger partial charge in [-0.05, 0) is 44.0 Å². The second-order valence-corrected chi connectivity index (χ2v) is 3.66. The van der Waals surface area contributed by atoms with Gasteiger partial charge in [-0.3, -0.25) is 9.59 Å². The largest absolute Gasteiger partial charge is 0.324 e. The zero-order chi connectivity index (χ0) is 9.23. The van der Waals surface area contributed by atoms with E-state index in [4.69, 9.17) is 23.2 Å². The zero-order valence-corrected chi connectivity index (χ0v) is 8.03. The quantitative estimate of drug-likeness (QED) is 0.443. The van der Waals surface area contributed by atoms with Gasteiger partial charge in [0, 0.05) is 5.54 Å². The third-order valence-electron chi connectivity index (χ3n) is 1.02. The number of carbonyl (C=O) groups excluding carboxylic acids is 2. The first-order valence-electron chi connectivity index (χ1n) is 2.96. The van der Waals surface area contributed by atoms with Crippen molar-refractivity contribution in [1.82, 2.24) is 4.90 Å². The molecule has 0 unspecified atom stereocenters. The lowest BCUT2D eigenvalue weighted by molar-refractivity contribution is 0.179. The Bertz CT molecular complexity index is 172. The van der Waals surface area contributed by atoms with Crippen molar-refractivity contribution in [3.05, 3.63) is 0 Å². The number of imide groups is 1. The molecule has 0 rings (SSSR count). The molecule has 0 aliphatic carbocycles. The highest BCUT2D eigenvalue weighted by atomic mass is 35.5. The highest BCUT2D eigenvalue weighted by Gasteiger charge is 2.30. The first-order valence-corrected chi connectivity index (χ1v) is 3.71. The van der Waals surface area contributed by atoms with Gasteiger partial charge in [-0.15, -0.1) is 0 Å². The summed E-state index contributed by atoms with van der Waals surface area (Å²) in [6.45, 7) is 4.98. The number of amides is 2. The average Bonchev–Trinajstić information content (AvgIpc) is 1.54. The number of hydrogen-bond acceptors (Lipinski definition) is 2. The van der Waals surface area contributed by atoms with Gasteiger partial charge in [0.2, 0.25) is 0 Å². The van der Waals surface area contributed by atoms with E-state index in [-0.39, 0.29) is 0 Å². The standard InChI is InChI=1S/C6H9Cl2NO2/c1-6(2,3)9(4(7)10)5(8)11/h1-3H3. The Hall–Kier alpha value is -0.280. The van der Waals surface area contributed by atoms with Crippen LogP contribution in [0.5, 0.6) is 0 Å². The van der Waals surface area contributed by atoms with Crippen molar-refractivity contribution in [3.8, 4) is 0 Å². The highest BCUT2D eigenvalue weighted by Crippen LogP contribution is 2.17. The Morgan fingerprint density at radius 1 is 1.09 bits per heavy atom. The van der Waals surface area contributed by atoms with Crippen LogP contribution in [-0.4, -0.2) is 21.2 Å². The van der Waals surface area contributed by atoms with E-state index >= 15 is 0 Å². The molecular weight excluding hydrogens is 189 g/mol. The van der Waals surface area contributed by atoms with Gasteiger partial charge in [0.05, 0.1) is 0 Å². The molecule has 0 bridgehead atoms. The number of hydrogen-bond donors (Lipinski definition) is 0. The minimum Gasteiger partial charge on any atom is -0.255 e. The molecule has 11 heavy (non-hydrogen) atoms. The molecule has 0 saturated heterocycles. The summed E-state index contributed by atoms with van der Waals surface area (Å²) in [5.74, 6) is 0. The molecule has 3 nitrogen and oxygen atoms in total. The van der Waals surface area contributed by atoms with E-state index in [0.29, 0.717) is 0 Å². The molecule has 0 saturated carbocycles. The van der Waals surface area contributed by atoms with Gasteiger partial charge >= 0.3 is 10.7 Å². The average molecular weight is 198 g/mol. The Morgan fingerprint density at radius 3 is 1.36 bits per heavy atom. The van der Waals surface area contributed by atoms with Gasteiger partial charge < -0.3 is 0 Å². The van der Waals surface area contributed by atoms with Crippen molar-refractivity contribution < 1.29 is 9.59 Å². The predicted molar refractivity (Wildman–Crippen MR) is 44.1 cm³/mol. The Labute approximate surface area is 75.3 Å². The summed E-state index contributed by atoms with van der Waals surface area (Å²) < 4.78 is 0. The molecule has 5 heteroatoms. The van der Waals surface area contributed by atoms with Crippen LogP contribution in [-0.2, 0) is 0 Å². The lowest BCUT2D eigenvalue weighted by atomic mass is 10.1. The number of halogens is 2. The van der Waals surface area contributed by atoms with E-state index in [9.17, 15) is 9.59 Å². The van der Waals surface area contributed by atoms with Crippen LogP contribution in [0.15, 0.2) is 0 Å². The molecule has 0 aliphatic rings. The summed E-state index contributed by atoms with van der Waals surface area (Å²) in [7, 11) is 0. The van der Waals surface area contributed by atoms with Crippen LogP contribution in [0.25, 0.3) is 0 Å². The third-order valence-corrected chi connectivity index (χ3v) is 1.36. The van der Waals surface area contributed by atoms with Crippen molar-refractivity contribution in [1.29, 1.82) is 0 Å². The second kappa shape index (κ2) is 3.41. The molecule has 2 amide bonds. The van der Waals surface area contributed by atoms with Crippen molar-refractivity contribution in [2.75, 3.05) is 0 Å². The Morgan fingerprint density at radius 2 is 1.36 bits per heavy atom. The smallest absolute Gasteiger partial charge is 0.255 e. The van der Waals surface area contributed by atoms with E-state index in [2.05, 4.69) is 0 Å². The van der Waals surface area contributed by atoms with E-state index < -0.39 is 16.3 Å². The maximum absolute atomic E-state index is 10.6. The zero-order valence-electron chi connectivity index (χ0n) is 6.52. The van der Waals surface area contributed by atoms with Gasteiger partial charge in [-0.1, -0.05) is 0 Å². The fourth-order valence-corrected chi connectivity index (χ4v) is 1.30. The highest BCUT2D eigenvalue weighted by molar-refractivity contribution is 6.71. The van der Waals surface area contributed by atoms with Gasteiger partial charge in [0.15, 0.2) is 0 Å². The molecule has 0 aromatic carbocycles. The van der Waals surface area contributed by atoms with E-state index in [1.165, 1.54) is 0 Å². The summed E-state index contributed by atoms with van der Waals surface area (Å²) in [5, 5.41) is -1.73. The number of carbonyl (C=O) groups is 2. The van der Waals surface area contributed by atoms with Gasteiger partial charge in [-0.2, -0.15) is 0 Å². The molecule has 0 aliphatic heterocycles. The fraction of sp³-hybridized carbons (Fsp3) is 0.667. The summed E-state index contributed by atoms with van der Waals surface area (Å²) in [4.78, 5) is 22.0. The second-order valence-electron chi connectivity index (χ2n) is 3.01. The van der Waals surface area contributed by atoms with Gasteiger partial charge in [-0.25, -0.2) is 4.90 Å². The SMILES string of the molecule is CC(C)(C)N(C(=O)Cl)C(=O)Cl.